The van der Waals surface area contributed by atoms with Gasteiger partial charge in [0.05, 0.1) is 13.2 Å². The Morgan fingerprint density at radius 1 is 1.30 bits per heavy atom. The monoisotopic (exact) mass is 317 g/mol. The van der Waals surface area contributed by atoms with E-state index in [9.17, 15) is 4.39 Å². The second kappa shape index (κ2) is 7.59. The maximum atomic E-state index is 12.9. The van der Waals surface area contributed by atoms with Gasteiger partial charge in [0.15, 0.2) is 0 Å². The van der Waals surface area contributed by atoms with Crippen molar-refractivity contribution >= 4 is 0 Å². The molecule has 0 amide bonds. The minimum Gasteiger partial charge on any atom is -0.493 e. The molecule has 0 bridgehead atoms. The Kier molecular flexibility index (Phi) is 5.28. The van der Waals surface area contributed by atoms with E-state index in [1.54, 1.807) is 12.1 Å². The minimum absolute atomic E-state index is 0.229. The SMILES string of the molecule is CCn1ccnc1CN1CCC[C@@H](COc2ccc(F)cc2)C1. The number of piperidine rings is 1. The van der Waals surface area contributed by atoms with Gasteiger partial charge in [-0.15, -0.1) is 0 Å². The van der Waals surface area contributed by atoms with Crippen LogP contribution in [0.25, 0.3) is 0 Å². The number of halogens is 1. The molecule has 2 heterocycles. The molecule has 0 aliphatic carbocycles. The van der Waals surface area contributed by atoms with E-state index in [4.69, 9.17) is 4.74 Å². The van der Waals surface area contributed by atoms with Gasteiger partial charge in [-0.2, -0.15) is 0 Å². The van der Waals surface area contributed by atoms with Crippen molar-refractivity contribution in [2.24, 2.45) is 5.92 Å². The van der Waals surface area contributed by atoms with Gasteiger partial charge in [-0.1, -0.05) is 0 Å². The second-order valence-electron chi connectivity index (χ2n) is 6.14. The van der Waals surface area contributed by atoms with Crippen molar-refractivity contribution in [3.63, 3.8) is 0 Å². The molecule has 5 heteroatoms. The summed E-state index contributed by atoms with van der Waals surface area (Å²) in [7, 11) is 0. The van der Waals surface area contributed by atoms with Crippen LogP contribution in [0.2, 0.25) is 0 Å². The van der Waals surface area contributed by atoms with E-state index in [2.05, 4.69) is 21.4 Å². The first-order valence-corrected chi connectivity index (χ1v) is 8.35. The van der Waals surface area contributed by atoms with Gasteiger partial charge in [0.2, 0.25) is 0 Å². The van der Waals surface area contributed by atoms with Crippen LogP contribution in [0, 0.1) is 11.7 Å². The lowest BCUT2D eigenvalue weighted by Crippen LogP contribution is -2.37. The Bertz CT molecular complexity index is 611. The molecule has 0 unspecified atom stereocenters. The van der Waals surface area contributed by atoms with Crippen molar-refractivity contribution < 1.29 is 9.13 Å². The maximum Gasteiger partial charge on any atom is 0.123 e. The first-order valence-electron chi connectivity index (χ1n) is 8.35. The molecule has 1 fully saturated rings. The molecule has 3 rings (SSSR count). The fourth-order valence-corrected chi connectivity index (χ4v) is 3.16. The van der Waals surface area contributed by atoms with Crippen LogP contribution < -0.4 is 4.74 Å². The molecule has 2 aromatic rings. The minimum atomic E-state index is -0.229. The van der Waals surface area contributed by atoms with Crippen LogP contribution >= 0.6 is 0 Å². The maximum absolute atomic E-state index is 12.9. The zero-order chi connectivity index (χ0) is 16.1. The Labute approximate surface area is 136 Å². The highest BCUT2D eigenvalue weighted by atomic mass is 19.1. The average molecular weight is 317 g/mol. The molecule has 1 atom stereocenters. The van der Waals surface area contributed by atoms with Gasteiger partial charge >= 0.3 is 0 Å². The average Bonchev–Trinajstić information content (AvgIpc) is 3.02. The van der Waals surface area contributed by atoms with Crippen LogP contribution in [-0.4, -0.2) is 34.1 Å². The van der Waals surface area contributed by atoms with Gasteiger partial charge in [-0.3, -0.25) is 4.90 Å². The number of likely N-dealkylation sites (tertiary alicyclic amines) is 1. The summed E-state index contributed by atoms with van der Waals surface area (Å²) in [5.74, 6) is 2.16. The Morgan fingerprint density at radius 2 is 2.13 bits per heavy atom. The molecule has 1 saturated heterocycles. The van der Waals surface area contributed by atoms with E-state index in [-0.39, 0.29) is 5.82 Å². The number of ether oxygens (including phenoxy) is 1. The summed E-state index contributed by atoms with van der Waals surface area (Å²) in [5.41, 5.74) is 0. The number of benzene rings is 1. The third-order valence-electron chi connectivity index (χ3n) is 4.41. The fourth-order valence-electron chi connectivity index (χ4n) is 3.16. The van der Waals surface area contributed by atoms with Crippen LogP contribution in [-0.2, 0) is 13.1 Å². The molecule has 0 N–H and O–H groups in total. The zero-order valence-electron chi connectivity index (χ0n) is 13.6. The molecule has 0 spiro atoms. The fraction of sp³-hybridized carbons (Fsp3) is 0.500. The summed E-state index contributed by atoms with van der Waals surface area (Å²) in [6, 6.07) is 6.25. The van der Waals surface area contributed by atoms with Gasteiger partial charge in [0, 0.05) is 31.4 Å². The van der Waals surface area contributed by atoms with E-state index in [1.807, 2.05) is 12.4 Å². The molecule has 1 aromatic heterocycles. The van der Waals surface area contributed by atoms with Crippen molar-refractivity contribution in [1.82, 2.24) is 14.5 Å². The summed E-state index contributed by atoms with van der Waals surface area (Å²) < 4.78 is 20.9. The van der Waals surface area contributed by atoms with Crippen molar-refractivity contribution in [1.29, 1.82) is 0 Å². The molecule has 0 radical (unpaired) electrons. The Hall–Kier alpha value is -1.88. The number of imidazole rings is 1. The highest BCUT2D eigenvalue weighted by Gasteiger charge is 2.21. The Morgan fingerprint density at radius 3 is 2.91 bits per heavy atom. The molecule has 1 aromatic carbocycles. The summed E-state index contributed by atoms with van der Waals surface area (Å²) in [4.78, 5) is 6.92. The van der Waals surface area contributed by atoms with E-state index in [0.717, 1.165) is 37.8 Å². The van der Waals surface area contributed by atoms with Gasteiger partial charge in [0.25, 0.3) is 0 Å². The predicted octanol–water partition coefficient (Wildman–Crippen LogP) is 3.33. The normalized spacial score (nSPS) is 19.0. The largest absolute Gasteiger partial charge is 0.493 e. The molecule has 1 aliphatic rings. The summed E-state index contributed by atoms with van der Waals surface area (Å²) in [6.07, 6.45) is 6.27. The lowest BCUT2D eigenvalue weighted by atomic mass is 9.99. The molecular formula is C18H24FN3O. The van der Waals surface area contributed by atoms with Crippen LogP contribution in [0.1, 0.15) is 25.6 Å². The molecule has 1 aliphatic heterocycles. The summed E-state index contributed by atoms with van der Waals surface area (Å²) in [6.45, 7) is 6.82. The van der Waals surface area contributed by atoms with E-state index < -0.39 is 0 Å². The van der Waals surface area contributed by atoms with E-state index in [1.165, 1.54) is 25.0 Å². The van der Waals surface area contributed by atoms with Crippen molar-refractivity contribution in [2.75, 3.05) is 19.7 Å². The number of nitrogens with zero attached hydrogens (tertiary/aromatic N) is 3. The lowest BCUT2D eigenvalue weighted by molar-refractivity contribution is 0.122. The zero-order valence-corrected chi connectivity index (χ0v) is 13.6. The molecule has 23 heavy (non-hydrogen) atoms. The van der Waals surface area contributed by atoms with Gasteiger partial charge in [0.1, 0.15) is 17.4 Å². The van der Waals surface area contributed by atoms with Gasteiger partial charge in [-0.05, 0) is 50.6 Å². The van der Waals surface area contributed by atoms with Crippen molar-refractivity contribution in [2.45, 2.75) is 32.9 Å². The second-order valence-corrected chi connectivity index (χ2v) is 6.14. The van der Waals surface area contributed by atoms with Gasteiger partial charge < -0.3 is 9.30 Å². The Balaban J connectivity index is 1.51. The summed E-state index contributed by atoms with van der Waals surface area (Å²) in [5, 5.41) is 0. The molecular weight excluding hydrogens is 293 g/mol. The van der Waals surface area contributed by atoms with Crippen molar-refractivity contribution in [3.05, 3.63) is 48.3 Å². The smallest absolute Gasteiger partial charge is 0.123 e. The van der Waals surface area contributed by atoms with E-state index >= 15 is 0 Å². The van der Waals surface area contributed by atoms with Crippen LogP contribution in [0.3, 0.4) is 0 Å². The summed E-state index contributed by atoms with van der Waals surface area (Å²) >= 11 is 0. The highest BCUT2D eigenvalue weighted by molar-refractivity contribution is 5.22. The molecule has 0 saturated carbocycles. The quantitative estimate of drug-likeness (QED) is 0.818. The highest BCUT2D eigenvalue weighted by Crippen LogP contribution is 2.20. The van der Waals surface area contributed by atoms with Crippen molar-refractivity contribution in [3.8, 4) is 5.75 Å². The first-order chi connectivity index (χ1) is 11.2. The number of hydrogen-bond acceptors (Lipinski definition) is 3. The number of hydrogen-bond donors (Lipinski definition) is 0. The third-order valence-corrected chi connectivity index (χ3v) is 4.41. The van der Waals surface area contributed by atoms with Crippen LogP contribution in [0.5, 0.6) is 5.75 Å². The topological polar surface area (TPSA) is 30.3 Å². The lowest BCUT2D eigenvalue weighted by Gasteiger charge is -2.32. The first kappa shape index (κ1) is 16.0. The van der Waals surface area contributed by atoms with Gasteiger partial charge in [-0.25, -0.2) is 9.37 Å². The third kappa shape index (κ3) is 4.32. The van der Waals surface area contributed by atoms with Crippen LogP contribution in [0.15, 0.2) is 36.7 Å². The predicted molar refractivity (Wildman–Crippen MR) is 87.8 cm³/mol. The van der Waals surface area contributed by atoms with Crippen LogP contribution in [0.4, 0.5) is 4.39 Å². The molecule has 4 nitrogen and oxygen atoms in total. The number of aryl methyl sites for hydroxylation is 1. The molecule has 124 valence electrons. The van der Waals surface area contributed by atoms with E-state index in [0.29, 0.717) is 12.5 Å². The number of rotatable bonds is 6. The number of aromatic nitrogens is 2. The standard InChI is InChI=1S/C18H24FN3O/c1-2-22-11-9-20-18(22)13-21-10-3-4-15(12-21)14-23-17-7-5-16(19)6-8-17/h5-9,11,15H,2-4,10,12-14H2,1H3/t15-/m1/s1.